The molecule has 2 aromatic carbocycles. The van der Waals surface area contributed by atoms with Crippen LogP contribution in [0.2, 0.25) is 0 Å². The first-order valence-electron chi connectivity index (χ1n) is 9.62. The number of aromatic nitrogens is 1. The highest BCUT2D eigenvalue weighted by Crippen LogP contribution is 2.49. The highest BCUT2D eigenvalue weighted by molar-refractivity contribution is 6.04. The van der Waals surface area contributed by atoms with Gasteiger partial charge in [-0.15, -0.1) is 0 Å². The summed E-state index contributed by atoms with van der Waals surface area (Å²) in [6, 6.07) is 12.9. The molecule has 31 heavy (non-hydrogen) atoms. The predicted octanol–water partition coefficient (Wildman–Crippen LogP) is 3.68. The number of hydrogen-bond acceptors (Lipinski definition) is 5. The first-order chi connectivity index (χ1) is 15.0. The van der Waals surface area contributed by atoms with Gasteiger partial charge in [0, 0.05) is 29.8 Å². The second-order valence-electron chi connectivity index (χ2n) is 7.04. The van der Waals surface area contributed by atoms with Crippen molar-refractivity contribution < 1.29 is 28.9 Å². The molecule has 1 aliphatic heterocycles. The molecule has 0 radical (unpaired) electrons. The van der Waals surface area contributed by atoms with E-state index in [1.165, 1.54) is 27.5 Å². The van der Waals surface area contributed by atoms with Crippen molar-refractivity contribution in [3.8, 4) is 22.9 Å². The number of nitrogens with zero attached hydrogens (tertiary/aromatic N) is 1. The monoisotopic (exact) mass is 422 g/mol. The summed E-state index contributed by atoms with van der Waals surface area (Å²) in [7, 11) is 4.56. The molecule has 0 saturated heterocycles. The van der Waals surface area contributed by atoms with Crippen molar-refractivity contribution in [1.82, 2.24) is 4.57 Å². The molecule has 1 aromatic heterocycles. The van der Waals surface area contributed by atoms with E-state index in [2.05, 4.69) is 5.32 Å². The normalized spacial score (nSPS) is 15.1. The third-order valence-electron chi connectivity index (χ3n) is 5.40. The van der Waals surface area contributed by atoms with Crippen LogP contribution in [0.15, 0.2) is 48.7 Å². The third kappa shape index (κ3) is 3.35. The van der Waals surface area contributed by atoms with Gasteiger partial charge in [0.1, 0.15) is 5.56 Å². The topological polar surface area (TPSA) is 99.0 Å². The van der Waals surface area contributed by atoms with Crippen molar-refractivity contribution in [2.24, 2.45) is 0 Å². The van der Waals surface area contributed by atoms with E-state index < -0.39 is 11.9 Å². The fourth-order valence-electron chi connectivity index (χ4n) is 4.09. The number of aromatic carboxylic acids is 1. The van der Waals surface area contributed by atoms with Gasteiger partial charge in [-0.25, -0.2) is 4.79 Å². The van der Waals surface area contributed by atoms with Crippen molar-refractivity contribution in [3.63, 3.8) is 0 Å². The molecule has 0 unspecified atom stereocenters. The molecule has 1 aliphatic rings. The Hall–Kier alpha value is -3.94. The van der Waals surface area contributed by atoms with Gasteiger partial charge in [0.15, 0.2) is 11.5 Å². The fourth-order valence-corrected chi connectivity index (χ4v) is 4.09. The molecule has 1 atom stereocenters. The molecular formula is C23H22N2O6. The molecule has 0 spiro atoms. The summed E-state index contributed by atoms with van der Waals surface area (Å²) < 4.78 is 18.3. The first kappa shape index (κ1) is 20.3. The molecule has 2 N–H and O–H groups in total. The number of para-hydroxylation sites is 1. The molecular weight excluding hydrogens is 400 g/mol. The molecule has 160 valence electrons. The summed E-state index contributed by atoms with van der Waals surface area (Å²) in [4.78, 5) is 24.5. The van der Waals surface area contributed by atoms with Gasteiger partial charge in [-0.05, 0) is 18.2 Å². The number of carbonyl (C=O) groups excluding carboxylic acids is 1. The smallest absolute Gasteiger partial charge is 0.339 e. The van der Waals surface area contributed by atoms with Crippen LogP contribution in [0.4, 0.5) is 5.69 Å². The predicted molar refractivity (Wildman–Crippen MR) is 114 cm³/mol. The molecule has 4 rings (SSSR count). The zero-order chi connectivity index (χ0) is 22.1. The Morgan fingerprint density at radius 2 is 1.74 bits per heavy atom. The highest BCUT2D eigenvalue weighted by atomic mass is 16.5. The van der Waals surface area contributed by atoms with Crippen LogP contribution < -0.4 is 19.5 Å². The molecule has 8 nitrogen and oxygen atoms in total. The zero-order valence-electron chi connectivity index (χ0n) is 17.3. The van der Waals surface area contributed by atoms with E-state index in [4.69, 9.17) is 14.2 Å². The van der Waals surface area contributed by atoms with Gasteiger partial charge in [0.2, 0.25) is 11.7 Å². The van der Waals surface area contributed by atoms with Crippen molar-refractivity contribution in [3.05, 3.63) is 65.5 Å². The van der Waals surface area contributed by atoms with Crippen LogP contribution in [-0.4, -0.2) is 42.9 Å². The summed E-state index contributed by atoms with van der Waals surface area (Å²) in [5, 5.41) is 12.5. The maximum absolute atomic E-state index is 12.6. The van der Waals surface area contributed by atoms with Gasteiger partial charge in [0.25, 0.3) is 0 Å². The van der Waals surface area contributed by atoms with Crippen LogP contribution in [0.1, 0.15) is 34.0 Å². The third-order valence-corrected chi connectivity index (χ3v) is 5.40. The summed E-state index contributed by atoms with van der Waals surface area (Å²) in [6.45, 7) is 0. The number of amides is 1. The number of carboxylic acid groups (broad SMARTS) is 1. The molecule has 0 fully saturated rings. The van der Waals surface area contributed by atoms with Crippen LogP contribution in [0, 0.1) is 0 Å². The quantitative estimate of drug-likeness (QED) is 0.629. The van der Waals surface area contributed by atoms with Crippen molar-refractivity contribution in [2.75, 3.05) is 26.6 Å². The maximum Gasteiger partial charge on any atom is 0.339 e. The molecule has 8 heteroatoms. The lowest BCUT2D eigenvalue weighted by Crippen LogP contribution is -2.26. The number of fused-ring (bicyclic) bond motifs is 1. The Kier molecular flexibility index (Phi) is 5.29. The lowest BCUT2D eigenvalue weighted by Gasteiger charge is -2.28. The number of nitrogens with one attached hydrogen (secondary N) is 1. The van der Waals surface area contributed by atoms with E-state index in [0.29, 0.717) is 28.5 Å². The number of methoxy groups -OCH3 is 3. The minimum atomic E-state index is -1.12. The Morgan fingerprint density at radius 1 is 1.03 bits per heavy atom. The minimum Gasteiger partial charge on any atom is -0.493 e. The van der Waals surface area contributed by atoms with E-state index in [-0.39, 0.29) is 23.6 Å². The maximum atomic E-state index is 12.6. The lowest BCUT2D eigenvalue weighted by molar-refractivity contribution is -0.116. The highest BCUT2D eigenvalue weighted by Gasteiger charge is 2.36. The second-order valence-corrected chi connectivity index (χ2v) is 7.04. The van der Waals surface area contributed by atoms with Crippen LogP contribution in [-0.2, 0) is 4.79 Å². The van der Waals surface area contributed by atoms with Crippen molar-refractivity contribution in [1.29, 1.82) is 0 Å². The summed E-state index contributed by atoms with van der Waals surface area (Å²) in [6.07, 6.45) is 1.66. The summed E-state index contributed by atoms with van der Waals surface area (Å²) in [5.74, 6) is -0.523. The summed E-state index contributed by atoms with van der Waals surface area (Å²) in [5.41, 5.74) is 2.45. The standard InChI is InChI=1S/C23H22N2O6/c1-29-17-10-9-14(21(30-2)22(17)31-3)15-11-18(26)24-19-16(23(27)28)12-25(20(15)19)13-7-5-4-6-8-13/h4-10,12,15H,11H2,1-3H3,(H,24,26)(H,27,28)/t15-/m1/s1. The van der Waals surface area contributed by atoms with Crippen LogP contribution in [0.5, 0.6) is 17.2 Å². The Labute approximate surface area is 179 Å². The van der Waals surface area contributed by atoms with Gasteiger partial charge in [0.05, 0.1) is 32.7 Å². The zero-order valence-corrected chi connectivity index (χ0v) is 17.3. The molecule has 3 aromatic rings. The Bertz CT molecular complexity index is 1150. The first-order valence-corrected chi connectivity index (χ1v) is 9.62. The van der Waals surface area contributed by atoms with E-state index in [9.17, 15) is 14.7 Å². The van der Waals surface area contributed by atoms with E-state index in [1.807, 2.05) is 36.4 Å². The number of ether oxygens (including phenoxy) is 3. The van der Waals surface area contributed by atoms with Crippen molar-refractivity contribution in [2.45, 2.75) is 12.3 Å². The van der Waals surface area contributed by atoms with Gasteiger partial charge in [-0.3, -0.25) is 4.79 Å². The average Bonchev–Trinajstić information content (AvgIpc) is 3.17. The number of carbonyl (C=O) groups is 2. The lowest BCUT2D eigenvalue weighted by atomic mass is 9.87. The Morgan fingerprint density at radius 3 is 2.35 bits per heavy atom. The SMILES string of the molecule is COc1ccc([C@H]2CC(=O)Nc3c(C(=O)O)cn(-c4ccccc4)c32)c(OC)c1OC. The van der Waals surface area contributed by atoms with Crippen molar-refractivity contribution >= 4 is 17.6 Å². The molecule has 2 heterocycles. The van der Waals surface area contributed by atoms with Gasteiger partial charge in [-0.2, -0.15) is 0 Å². The van der Waals surface area contributed by atoms with Gasteiger partial charge >= 0.3 is 5.97 Å². The van der Waals surface area contributed by atoms with E-state index in [1.54, 1.807) is 10.6 Å². The molecule has 1 amide bonds. The number of benzene rings is 2. The molecule has 0 saturated carbocycles. The number of carboxylic acids is 1. The largest absolute Gasteiger partial charge is 0.493 e. The number of anilines is 1. The average molecular weight is 422 g/mol. The van der Waals surface area contributed by atoms with E-state index in [0.717, 1.165) is 5.69 Å². The van der Waals surface area contributed by atoms with Crippen LogP contribution >= 0.6 is 0 Å². The van der Waals surface area contributed by atoms with Gasteiger partial charge in [-0.1, -0.05) is 24.3 Å². The summed E-state index contributed by atoms with van der Waals surface area (Å²) >= 11 is 0. The number of hydrogen-bond donors (Lipinski definition) is 2. The van der Waals surface area contributed by atoms with Crippen LogP contribution in [0.3, 0.4) is 0 Å². The van der Waals surface area contributed by atoms with E-state index >= 15 is 0 Å². The second kappa shape index (κ2) is 8.06. The molecule has 0 bridgehead atoms. The van der Waals surface area contributed by atoms with Gasteiger partial charge < -0.3 is 29.2 Å². The fraction of sp³-hybridized carbons (Fsp3) is 0.217. The van der Waals surface area contributed by atoms with Crippen LogP contribution in [0.25, 0.3) is 5.69 Å². The number of rotatable bonds is 6. The Balaban J connectivity index is 2.00. The minimum absolute atomic E-state index is 0.0244. The molecule has 0 aliphatic carbocycles.